The quantitative estimate of drug-likeness (QED) is 0.666. The molecule has 2 aromatic rings. The lowest BCUT2D eigenvalue weighted by Crippen LogP contribution is -2.29. The standard InChI is InChI=1S/C15H17ClN2O/c1-10-7-8-14(19-2)12(9-10)15(18-17)11-5-3-4-6-13(11)16/h3-9,15,18H,17H2,1-2H3. The summed E-state index contributed by atoms with van der Waals surface area (Å²) in [5.41, 5.74) is 5.85. The maximum absolute atomic E-state index is 6.25. The van der Waals surface area contributed by atoms with Crippen LogP contribution in [0.5, 0.6) is 5.75 Å². The number of methoxy groups -OCH3 is 1. The Hall–Kier alpha value is -1.55. The minimum absolute atomic E-state index is 0.205. The summed E-state index contributed by atoms with van der Waals surface area (Å²) < 4.78 is 5.41. The van der Waals surface area contributed by atoms with Gasteiger partial charge in [0.15, 0.2) is 0 Å². The third kappa shape index (κ3) is 2.89. The van der Waals surface area contributed by atoms with Crippen molar-refractivity contribution in [3.63, 3.8) is 0 Å². The van der Waals surface area contributed by atoms with E-state index < -0.39 is 0 Å². The van der Waals surface area contributed by atoms with Crippen molar-refractivity contribution in [1.82, 2.24) is 5.43 Å². The fraction of sp³-hybridized carbons (Fsp3) is 0.200. The zero-order valence-corrected chi connectivity index (χ0v) is 11.7. The Labute approximate surface area is 118 Å². The molecule has 0 saturated carbocycles. The largest absolute Gasteiger partial charge is 0.496 e. The first kappa shape index (κ1) is 13.9. The van der Waals surface area contributed by atoms with Crippen molar-refractivity contribution in [2.24, 2.45) is 5.84 Å². The van der Waals surface area contributed by atoms with Gasteiger partial charge in [0, 0.05) is 10.6 Å². The van der Waals surface area contributed by atoms with Crippen LogP contribution in [0.25, 0.3) is 0 Å². The van der Waals surface area contributed by atoms with Gasteiger partial charge in [-0.3, -0.25) is 5.84 Å². The van der Waals surface area contributed by atoms with Crippen LogP contribution in [0.3, 0.4) is 0 Å². The van der Waals surface area contributed by atoms with E-state index in [-0.39, 0.29) is 6.04 Å². The number of hydrogen-bond acceptors (Lipinski definition) is 3. The van der Waals surface area contributed by atoms with Gasteiger partial charge in [-0.05, 0) is 24.6 Å². The lowest BCUT2D eigenvalue weighted by molar-refractivity contribution is 0.404. The molecule has 1 atom stereocenters. The smallest absolute Gasteiger partial charge is 0.124 e. The lowest BCUT2D eigenvalue weighted by atomic mass is 9.97. The van der Waals surface area contributed by atoms with Gasteiger partial charge in [0.05, 0.1) is 13.2 Å². The van der Waals surface area contributed by atoms with E-state index in [2.05, 4.69) is 5.43 Å². The van der Waals surface area contributed by atoms with Crippen molar-refractivity contribution >= 4 is 11.6 Å². The van der Waals surface area contributed by atoms with E-state index in [0.717, 1.165) is 22.4 Å². The average Bonchev–Trinajstić information content (AvgIpc) is 2.42. The lowest BCUT2D eigenvalue weighted by Gasteiger charge is -2.21. The molecule has 0 saturated heterocycles. The van der Waals surface area contributed by atoms with E-state index in [1.165, 1.54) is 0 Å². The van der Waals surface area contributed by atoms with Crippen LogP contribution < -0.4 is 16.0 Å². The first-order chi connectivity index (χ1) is 9.17. The van der Waals surface area contributed by atoms with Crippen LogP contribution in [0.15, 0.2) is 42.5 Å². The Bertz CT molecular complexity index is 572. The van der Waals surface area contributed by atoms with Gasteiger partial charge >= 0.3 is 0 Å². The zero-order chi connectivity index (χ0) is 13.8. The molecule has 1 unspecified atom stereocenters. The van der Waals surface area contributed by atoms with Crippen LogP contribution in [-0.4, -0.2) is 7.11 Å². The van der Waals surface area contributed by atoms with Crippen molar-refractivity contribution in [3.8, 4) is 5.75 Å². The highest BCUT2D eigenvalue weighted by molar-refractivity contribution is 6.31. The molecule has 2 aromatic carbocycles. The molecule has 0 aliphatic heterocycles. The first-order valence-corrected chi connectivity index (χ1v) is 6.40. The molecule has 0 aliphatic carbocycles. The van der Waals surface area contributed by atoms with Crippen molar-refractivity contribution in [3.05, 3.63) is 64.2 Å². The molecular formula is C15H17ClN2O. The maximum atomic E-state index is 6.25. The molecule has 0 bridgehead atoms. The Kier molecular flexibility index (Phi) is 4.43. The summed E-state index contributed by atoms with van der Waals surface area (Å²) in [6, 6.07) is 13.4. The number of nitrogens with one attached hydrogen (secondary N) is 1. The molecule has 0 aromatic heterocycles. The number of hydrazine groups is 1. The monoisotopic (exact) mass is 276 g/mol. The third-order valence-corrected chi connectivity index (χ3v) is 3.42. The molecule has 0 fully saturated rings. The third-order valence-electron chi connectivity index (χ3n) is 3.08. The predicted octanol–water partition coefficient (Wildman–Crippen LogP) is 3.21. The topological polar surface area (TPSA) is 47.3 Å². The van der Waals surface area contributed by atoms with E-state index in [1.54, 1.807) is 7.11 Å². The summed E-state index contributed by atoms with van der Waals surface area (Å²) in [5, 5.41) is 0.675. The minimum Gasteiger partial charge on any atom is -0.496 e. The van der Waals surface area contributed by atoms with E-state index in [4.69, 9.17) is 22.2 Å². The van der Waals surface area contributed by atoms with Gasteiger partial charge in [0.25, 0.3) is 0 Å². The molecule has 3 N–H and O–H groups in total. The summed E-state index contributed by atoms with van der Waals surface area (Å²) in [6.07, 6.45) is 0. The molecule has 0 spiro atoms. The van der Waals surface area contributed by atoms with Crippen molar-refractivity contribution in [1.29, 1.82) is 0 Å². The van der Waals surface area contributed by atoms with E-state index >= 15 is 0 Å². The Morgan fingerprint density at radius 1 is 1.16 bits per heavy atom. The second-order valence-electron chi connectivity index (χ2n) is 4.37. The van der Waals surface area contributed by atoms with Crippen molar-refractivity contribution < 1.29 is 4.74 Å². The molecule has 19 heavy (non-hydrogen) atoms. The Morgan fingerprint density at radius 2 is 1.89 bits per heavy atom. The van der Waals surface area contributed by atoms with Crippen LogP contribution >= 0.6 is 11.6 Å². The number of rotatable bonds is 4. The number of ether oxygens (including phenoxy) is 1. The zero-order valence-electron chi connectivity index (χ0n) is 11.0. The van der Waals surface area contributed by atoms with E-state index in [9.17, 15) is 0 Å². The number of benzene rings is 2. The maximum Gasteiger partial charge on any atom is 0.124 e. The van der Waals surface area contributed by atoms with Crippen molar-refractivity contribution in [2.75, 3.05) is 7.11 Å². The summed E-state index contributed by atoms with van der Waals surface area (Å²) in [7, 11) is 1.65. The molecule has 3 nitrogen and oxygen atoms in total. The number of halogens is 1. The van der Waals surface area contributed by atoms with Crippen LogP contribution in [-0.2, 0) is 0 Å². The number of aryl methyl sites for hydroxylation is 1. The van der Waals surface area contributed by atoms with Crippen LogP contribution in [0.2, 0.25) is 5.02 Å². The Morgan fingerprint density at radius 3 is 2.53 bits per heavy atom. The van der Waals surface area contributed by atoms with Gasteiger partial charge in [0.2, 0.25) is 0 Å². The van der Waals surface area contributed by atoms with Gasteiger partial charge in [0.1, 0.15) is 5.75 Å². The molecule has 0 aliphatic rings. The van der Waals surface area contributed by atoms with Gasteiger partial charge in [-0.15, -0.1) is 0 Å². The first-order valence-electron chi connectivity index (χ1n) is 6.02. The molecule has 100 valence electrons. The van der Waals surface area contributed by atoms with Crippen LogP contribution in [0.4, 0.5) is 0 Å². The molecule has 2 rings (SSSR count). The molecule has 0 amide bonds. The highest BCUT2D eigenvalue weighted by atomic mass is 35.5. The fourth-order valence-corrected chi connectivity index (χ4v) is 2.38. The minimum atomic E-state index is -0.205. The number of hydrogen-bond donors (Lipinski definition) is 2. The summed E-state index contributed by atoms with van der Waals surface area (Å²) >= 11 is 6.25. The summed E-state index contributed by atoms with van der Waals surface area (Å²) in [4.78, 5) is 0. The van der Waals surface area contributed by atoms with Gasteiger partial charge in [-0.2, -0.15) is 0 Å². The SMILES string of the molecule is COc1ccc(C)cc1C(NN)c1ccccc1Cl. The van der Waals surface area contributed by atoms with Gasteiger partial charge in [-0.1, -0.05) is 47.5 Å². The molecule has 0 heterocycles. The summed E-state index contributed by atoms with van der Waals surface area (Å²) in [5.74, 6) is 6.50. The highest BCUT2D eigenvalue weighted by Crippen LogP contribution is 2.33. The number of nitrogens with two attached hydrogens (primary N) is 1. The van der Waals surface area contributed by atoms with E-state index in [0.29, 0.717) is 5.02 Å². The fourth-order valence-electron chi connectivity index (χ4n) is 2.14. The second kappa shape index (κ2) is 6.06. The Balaban J connectivity index is 2.54. The molecule has 0 radical (unpaired) electrons. The van der Waals surface area contributed by atoms with Gasteiger partial charge < -0.3 is 4.74 Å². The second-order valence-corrected chi connectivity index (χ2v) is 4.77. The summed E-state index contributed by atoms with van der Waals surface area (Å²) in [6.45, 7) is 2.03. The average molecular weight is 277 g/mol. The van der Waals surface area contributed by atoms with Crippen molar-refractivity contribution in [2.45, 2.75) is 13.0 Å². The van der Waals surface area contributed by atoms with E-state index in [1.807, 2.05) is 49.4 Å². The van der Waals surface area contributed by atoms with Crippen LogP contribution in [0, 0.1) is 6.92 Å². The predicted molar refractivity (Wildman–Crippen MR) is 78.3 cm³/mol. The molecular weight excluding hydrogens is 260 g/mol. The highest BCUT2D eigenvalue weighted by Gasteiger charge is 2.19. The van der Waals surface area contributed by atoms with Crippen LogP contribution in [0.1, 0.15) is 22.7 Å². The molecule has 4 heteroatoms. The normalized spacial score (nSPS) is 12.2. The van der Waals surface area contributed by atoms with Gasteiger partial charge in [-0.25, -0.2) is 5.43 Å².